The molecule has 0 N–H and O–H groups in total. The van der Waals surface area contributed by atoms with Gasteiger partial charge in [0.15, 0.2) is 5.78 Å². The van der Waals surface area contributed by atoms with E-state index in [1.807, 2.05) is 17.5 Å². The molecule has 1 aromatic heterocycles. The second-order valence-electron chi connectivity index (χ2n) is 6.74. The van der Waals surface area contributed by atoms with Gasteiger partial charge in [0, 0.05) is 19.0 Å². The second-order valence-corrected chi connectivity index (χ2v) is 7.69. The van der Waals surface area contributed by atoms with Crippen LogP contribution in [0.1, 0.15) is 43.2 Å². The first kappa shape index (κ1) is 17.6. The number of hydrogen-bond donors (Lipinski definition) is 0. The maximum atomic E-state index is 12.6. The second kappa shape index (κ2) is 7.08. The van der Waals surface area contributed by atoms with Gasteiger partial charge in [-0.2, -0.15) is 0 Å². The summed E-state index contributed by atoms with van der Waals surface area (Å²) < 4.78 is 0. The molecule has 1 aromatic carbocycles. The predicted molar refractivity (Wildman–Crippen MR) is 99.8 cm³/mol. The number of hydrogen-bond acceptors (Lipinski definition) is 5. The summed E-state index contributed by atoms with van der Waals surface area (Å²) in [5.41, 5.74) is 0.686. The molecule has 0 radical (unpaired) electrons. The number of likely N-dealkylation sites (tertiary alicyclic amines) is 1. The Balaban J connectivity index is 1.36. The summed E-state index contributed by atoms with van der Waals surface area (Å²) in [5, 5.41) is 1.88. The monoisotopic (exact) mass is 382 g/mol. The number of fused-ring (bicyclic) bond motifs is 1. The zero-order valence-electron chi connectivity index (χ0n) is 14.6. The molecule has 4 rings (SSSR count). The van der Waals surface area contributed by atoms with Gasteiger partial charge in [0.05, 0.1) is 16.0 Å². The Morgan fingerprint density at radius 2 is 1.59 bits per heavy atom. The predicted octanol–water partition coefficient (Wildman–Crippen LogP) is 2.47. The SMILES string of the molecule is O=C(c1cccs1)C1CCN(C(=O)CN2C(=O)c3ccccc3C2=O)CC1. The summed E-state index contributed by atoms with van der Waals surface area (Å²) in [6.45, 7) is 0.670. The van der Waals surface area contributed by atoms with Crippen LogP contribution in [0.3, 0.4) is 0 Å². The van der Waals surface area contributed by atoms with Crippen molar-refractivity contribution in [2.45, 2.75) is 12.8 Å². The van der Waals surface area contributed by atoms with Crippen molar-refractivity contribution < 1.29 is 19.2 Å². The van der Waals surface area contributed by atoms with E-state index < -0.39 is 11.8 Å². The van der Waals surface area contributed by atoms with Crippen molar-refractivity contribution in [3.8, 4) is 0 Å². The molecule has 138 valence electrons. The molecule has 2 aliphatic rings. The number of piperidine rings is 1. The fourth-order valence-electron chi connectivity index (χ4n) is 3.63. The van der Waals surface area contributed by atoms with Crippen LogP contribution in [0.5, 0.6) is 0 Å². The zero-order valence-corrected chi connectivity index (χ0v) is 15.4. The third-order valence-corrected chi connectivity index (χ3v) is 6.04. The Morgan fingerprint density at radius 1 is 0.963 bits per heavy atom. The quantitative estimate of drug-likeness (QED) is 0.601. The number of rotatable bonds is 4. The topological polar surface area (TPSA) is 74.8 Å². The van der Waals surface area contributed by atoms with Gasteiger partial charge in [0.2, 0.25) is 5.91 Å². The molecule has 1 saturated heterocycles. The molecule has 3 amide bonds. The maximum absolute atomic E-state index is 12.6. The summed E-state index contributed by atoms with van der Waals surface area (Å²) in [5.74, 6) is -1.05. The van der Waals surface area contributed by atoms with Gasteiger partial charge in [0.25, 0.3) is 11.8 Å². The summed E-state index contributed by atoms with van der Waals surface area (Å²) >= 11 is 1.44. The normalized spacial score (nSPS) is 17.3. The number of thiophene rings is 1. The largest absolute Gasteiger partial charge is 0.341 e. The minimum Gasteiger partial charge on any atom is -0.341 e. The summed E-state index contributed by atoms with van der Waals surface area (Å²) in [6.07, 6.45) is 1.20. The zero-order chi connectivity index (χ0) is 19.0. The third-order valence-electron chi connectivity index (χ3n) is 5.15. The van der Waals surface area contributed by atoms with Gasteiger partial charge in [-0.3, -0.25) is 24.1 Å². The lowest BCUT2D eigenvalue weighted by Crippen LogP contribution is -2.46. The standard InChI is InChI=1S/C20H18N2O4S/c23-17(12-22-19(25)14-4-1-2-5-15(14)20(22)26)21-9-7-13(8-10-21)18(24)16-6-3-11-27-16/h1-6,11,13H,7-10,12H2. The van der Waals surface area contributed by atoms with Crippen LogP contribution in [-0.2, 0) is 4.79 Å². The van der Waals surface area contributed by atoms with Crippen molar-refractivity contribution in [1.82, 2.24) is 9.80 Å². The molecule has 2 aliphatic heterocycles. The van der Waals surface area contributed by atoms with E-state index in [2.05, 4.69) is 0 Å². The first-order chi connectivity index (χ1) is 13.1. The van der Waals surface area contributed by atoms with Crippen molar-refractivity contribution in [3.05, 3.63) is 57.8 Å². The fourth-order valence-corrected chi connectivity index (χ4v) is 4.37. The average Bonchev–Trinajstić information content (AvgIpc) is 3.32. The van der Waals surface area contributed by atoms with Crippen LogP contribution < -0.4 is 0 Å². The van der Waals surface area contributed by atoms with E-state index in [4.69, 9.17) is 0 Å². The molecule has 1 fully saturated rings. The van der Waals surface area contributed by atoms with Crippen LogP contribution in [0.4, 0.5) is 0 Å². The number of amides is 3. The lowest BCUT2D eigenvalue weighted by molar-refractivity contribution is -0.132. The minimum absolute atomic E-state index is 0.0768. The lowest BCUT2D eigenvalue weighted by atomic mass is 9.91. The smallest absolute Gasteiger partial charge is 0.262 e. The highest BCUT2D eigenvalue weighted by molar-refractivity contribution is 7.12. The van der Waals surface area contributed by atoms with Crippen molar-refractivity contribution in [1.29, 1.82) is 0 Å². The first-order valence-corrected chi connectivity index (χ1v) is 9.75. The molecule has 0 spiro atoms. The molecule has 0 saturated carbocycles. The summed E-state index contributed by atoms with van der Waals surface area (Å²) in [7, 11) is 0. The van der Waals surface area contributed by atoms with E-state index >= 15 is 0 Å². The van der Waals surface area contributed by atoms with Gasteiger partial charge in [-0.1, -0.05) is 18.2 Å². The number of benzene rings is 1. The molecule has 6 nitrogen and oxygen atoms in total. The van der Waals surface area contributed by atoms with Gasteiger partial charge in [-0.05, 0) is 36.4 Å². The molecular formula is C20H18N2O4S. The highest BCUT2D eigenvalue weighted by atomic mass is 32.1. The van der Waals surface area contributed by atoms with Crippen LogP contribution in [0.25, 0.3) is 0 Å². The van der Waals surface area contributed by atoms with Gasteiger partial charge >= 0.3 is 0 Å². The highest BCUT2D eigenvalue weighted by Crippen LogP contribution is 2.25. The Kier molecular flexibility index (Phi) is 4.61. The number of Topliss-reactive ketones (excluding diaryl/α,β-unsaturated/α-hetero) is 1. The molecular weight excluding hydrogens is 364 g/mol. The van der Waals surface area contributed by atoms with Gasteiger partial charge in [-0.15, -0.1) is 11.3 Å². The Labute approximate surface area is 160 Å². The van der Waals surface area contributed by atoms with Gasteiger partial charge < -0.3 is 4.90 Å². The van der Waals surface area contributed by atoms with Crippen LogP contribution in [0, 0.1) is 5.92 Å². The van der Waals surface area contributed by atoms with E-state index in [1.54, 1.807) is 29.2 Å². The fraction of sp³-hybridized carbons (Fsp3) is 0.300. The molecule has 0 bridgehead atoms. The lowest BCUT2D eigenvalue weighted by Gasteiger charge is -2.32. The van der Waals surface area contributed by atoms with Crippen molar-refractivity contribution >= 4 is 34.8 Å². The number of imide groups is 1. The Bertz CT molecular complexity index is 879. The van der Waals surface area contributed by atoms with Gasteiger partial charge in [-0.25, -0.2) is 0 Å². The summed E-state index contributed by atoms with van der Waals surface area (Å²) in [4.78, 5) is 53.2. The molecule has 2 aromatic rings. The first-order valence-electron chi connectivity index (χ1n) is 8.87. The maximum Gasteiger partial charge on any atom is 0.262 e. The van der Waals surface area contributed by atoms with Crippen molar-refractivity contribution in [2.24, 2.45) is 5.92 Å². The van der Waals surface area contributed by atoms with Crippen molar-refractivity contribution in [3.63, 3.8) is 0 Å². The van der Waals surface area contributed by atoms with E-state index in [-0.39, 0.29) is 24.2 Å². The van der Waals surface area contributed by atoms with E-state index in [0.717, 1.165) is 9.78 Å². The molecule has 0 unspecified atom stereocenters. The molecule has 7 heteroatoms. The number of ketones is 1. The number of carbonyl (C=O) groups is 4. The average molecular weight is 382 g/mol. The van der Waals surface area contributed by atoms with E-state index in [0.29, 0.717) is 37.1 Å². The van der Waals surface area contributed by atoms with Gasteiger partial charge in [0.1, 0.15) is 6.54 Å². The minimum atomic E-state index is -0.424. The van der Waals surface area contributed by atoms with Crippen molar-refractivity contribution in [2.75, 3.05) is 19.6 Å². The molecule has 0 aliphatic carbocycles. The Morgan fingerprint density at radius 3 is 2.15 bits per heavy atom. The van der Waals surface area contributed by atoms with Crippen LogP contribution in [0.15, 0.2) is 41.8 Å². The molecule has 3 heterocycles. The Hall–Kier alpha value is -2.80. The van der Waals surface area contributed by atoms with Crippen LogP contribution in [-0.4, -0.2) is 52.9 Å². The van der Waals surface area contributed by atoms with Crippen LogP contribution >= 0.6 is 11.3 Å². The number of carbonyl (C=O) groups excluding carboxylic acids is 4. The summed E-state index contributed by atoms with van der Waals surface area (Å²) in [6, 6.07) is 10.3. The van der Waals surface area contributed by atoms with E-state index in [9.17, 15) is 19.2 Å². The van der Waals surface area contributed by atoms with Crippen LogP contribution in [0.2, 0.25) is 0 Å². The molecule has 0 atom stereocenters. The van der Waals surface area contributed by atoms with E-state index in [1.165, 1.54) is 11.3 Å². The molecule has 27 heavy (non-hydrogen) atoms. The number of nitrogens with zero attached hydrogens (tertiary/aromatic N) is 2. The highest BCUT2D eigenvalue weighted by Gasteiger charge is 2.37. The third kappa shape index (κ3) is 3.19.